The number of sulfonamides is 1. The lowest BCUT2D eigenvalue weighted by Gasteiger charge is -2.24. The minimum Gasteiger partial charge on any atom is -0.459 e. The first kappa shape index (κ1) is 25.1. The summed E-state index contributed by atoms with van der Waals surface area (Å²) in [7, 11) is -3.92. The standard InChI is InChI=1S/C24H30N4O6S/c29-20-16-28(35(32,33)22-11-3-4-12-25-22)13-5-9-18(20)26-23(30)19(15-17-7-1-2-8-17)27-24(31)21-10-6-14-34-21/h3-4,6,10-12,14,17-19H,1-2,5,7-9,13,15-16H2,(H,26,30)(H,27,31)/t18?,19-/m0/s1. The van der Waals surface area contributed by atoms with Crippen LogP contribution in [0.3, 0.4) is 0 Å². The number of nitrogens with zero attached hydrogens (tertiary/aromatic N) is 2. The average Bonchev–Trinajstić information content (AvgIpc) is 3.54. The van der Waals surface area contributed by atoms with Crippen LogP contribution in [0.2, 0.25) is 0 Å². The van der Waals surface area contributed by atoms with Gasteiger partial charge in [-0.25, -0.2) is 13.4 Å². The van der Waals surface area contributed by atoms with E-state index >= 15 is 0 Å². The number of pyridine rings is 1. The monoisotopic (exact) mass is 502 g/mol. The van der Waals surface area contributed by atoms with Crippen molar-refractivity contribution in [3.8, 4) is 0 Å². The highest BCUT2D eigenvalue weighted by molar-refractivity contribution is 7.89. The molecule has 35 heavy (non-hydrogen) atoms. The van der Waals surface area contributed by atoms with Crippen LogP contribution in [-0.4, -0.2) is 60.5 Å². The van der Waals surface area contributed by atoms with Crippen LogP contribution in [0, 0.1) is 5.92 Å². The van der Waals surface area contributed by atoms with E-state index in [4.69, 9.17) is 4.42 Å². The van der Waals surface area contributed by atoms with Gasteiger partial charge in [0.05, 0.1) is 18.8 Å². The lowest BCUT2D eigenvalue weighted by Crippen LogP contribution is -2.52. The fourth-order valence-corrected chi connectivity index (χ4v) is 6.08. The van der Waals surface area contributed by atoms with Crippen LogP contribution in [0.15, 0.2) is 52.2 Å². The molecule has 1 aliphatic carbocycles. The first-order chi connectivity index (χ1) is 16.8. The van der Waals surface area contributed by atoms with Crippen molar-refractivity contribution in [2.45, 2.75) is 62.1 Å². The number of furan rings is 1. The molecule has 1 saturated heterocycles. The number of rotatable bonds is 8. The second-order valence-electron chi connectivity index (χ2n) is 9.07. The highest BCUT2D eigenvalue weighted by Gasteiger charge is 2.35. The Labute approximate surface area is 204 Å². The third kappa shape index (κ3) is 6.15. The van der Waals surface area contributed by atoms with Gasteiger partial charge in [-0.15, -0.1) is 0 Å². The zero-order valence-corrected chi connectivity index (χ0v) is 20.2. The van der Waals surface area contributed by atoms with E-state index in [0.29, 0.717) is 25.2 Å². The van der Waals surface area contributed by atoms with E-state index in [1.807, 2.05) is 0 Å². The lowest BCUT2D eigenvalue weighted by atomic mass is 9.97. The van der Waals surface area contributed by atoms with E-state index in [2.05, 4.69) is 15.6 Å². The maximum absolute atomic E-state index is 13.2. The smallest absolute Gasteiger partial charge is 0.287 e. The van der Waals surface area contributed by atoms with Gasteiger partial charge in [0.2, 0.25) is 5.91 Å². The van der Waals surface area contributed by atoms with Gasteiger partial charge in [-0.2, -0.15) is 4.31 Å². The molecule has 2 aromatic heterocycles. The summed E-state index contributed by atoms with van der Waals surface area (Å²) in [6, 6.07) is 6.04. The van der Waals surface area contributed by atoms with Gasteiger partial charge in [0.25, 0.3) is 15.9 Å². The van der Waals surface area contributed by atoms with Crippen molar-refractivity contribution in [2.24, 2.45) is 5.92 Å². The Kier molecular flexibility index (Phi) is 7.97. The summed E-state index contributed by atoms with van der Waals surface area (Å²) in [4.78, 5) is 42.7. The largest absolute Gasteiger partial charge is 0.459 e. The van der Waals surface area contributed by atoms with Gasteiger partial charge in [0.15, 0.2) is 16.6 Å². The molecule has 1 unspecified atom stereocenters. The Morgan fingerprint density at radius 1 is 1.11 bits per heavy atom. The fourth-order valence-electron chi connectivity index (χ4n) is 4.71. The number of ketones is 1. The number of aromatic nitrogens is 1. The van der Waals surface area contributed by atoms with Crippen molar-refractivity contribution in [1.82, 2.24) is 19.9 Å². The van der Waals surface area contributed by atoms with Crippen molar-refractivity contribution in [3.05, 3.63) is 48.6 Å². The van der Waals surface area contributed by atoms with Crippen LogP contribution in [0.4, 0.5) is 0 Å². The first-order valence-corrected chi connectivity index (χ1v) is 13.4. The molecular weight excluding hydrogens is 472 g/mol. The molecule has 1 aliphatic heterocycles. The average molecular weight is 503 g/mol. The maximum atomic E-state index is 13.2. The quantitative estimate of drug-likeness (QED) is 0.562. The van der Waals surface area contributed by atoms with Crippen LogP contribution in [0.25, 0.3) is 0 Å². The van der Waals surface area contributed by atoms with E-state index in [-0.39, 0.29) is 23.9 Å². The van der Waals surface area contributed by atoms with Crippen molar-refractivity contribution in [3.63, 3.8) is 0 Å². The van der Waals surface area contributed by atoms with E-state index in [1.54, 1.807) is 18.2 Å². The van der Waals surface area contributed by atoms with Gasteiger partial charge in [-0.05, 0) is 49.4 Å². The number of hydrogen-bond acceptors (Lipinski definition) is 7. The van der Waals surface area contributed by atoms with Gasteiger partial charge >= 0.3 is 0 Å². The molecule has 0 aromatic carbocycles. The van der Waals surface area contributed by atoms with Crippen LogP contribution < -0.4 is 10.6 Å². The molecule has 0 spiro atoms. The molecule has 11 heteroatoms. The predicted octanol–water partition coefficient (Wildman–Crippen LogP) is 1.89. The highest BCUT2D eigenvalue weighted by Crippen LogP contribution is 2.29. The van der Waals surface area contributed by atoms with Crippen LogP contribution in [0.5, 0.6) is 0 Å². The van der Waals surface area contributed by atoms with Gasteiger partial charge in [-0.1, -0.05) is 31.7 Å². The summed E-state index contributed by atoms with van der Waals surface area (Å²) in [5, 5.41) is 5.41. The van der Waals surface area contributed by atoms with Crippen LogP contribution in [-0.2, 0) is 19.6 Å². The molecule has 3 heterocycles. The maximum Gasteiger partial charge on any atom is 0.287 e. The van der Waals surface area contributed by atoms with E-state index in [1.165, 1.54) is 24.6 Å². The Bertz CT molecular complexity index is 1130. The molecule has 0 bridgehead atoms. The molecular formula is C24H30N4O6S. The van der Waals surface area contributed by atoms with Gasteiger partial charge in [0.1, 0.15) is 6.04 Å². The number of hydrogen-bond donors (Lipinski definition) is 2. The molecule has 2 aliphatic rings. The lowest BCUT2D eigenvalue weighted by molar-refractivity contribution is -0.129. The fraction of sp³-hybridized carbons (Fsp3) is 0.500. The summed E-state index contributed by atoms with van der Waals surface area (Å²) in [6.45, 7) is -0.201. The molecule has 2 N–H and O–H groups in total. The Morgan fingerprint density at radius 2 is 1.91 bits per heavy atom. The molecule has 10 nitrogen and oxygen atoms in total. The number of amides is 2. The molecule has 2 atom stereocenters. The summed E-state index contributed by atoms with van der Waals surface area (Å²) in [5.41, 5.74) is 0. The topological polar surface area (TPSA) is 139 Å². The number of Topliss-reactive ketones (excluding diaryl/α,β-unsaturated/α-hetero) is 1. The minimum atomic E-state index is -3.92. The SMILES string of the molecule is O=C(N[C@@H](CC1CCCC1)C(=O)NC1CCCN(S(=O)(=O)c2ccccn2)CC1=O)c1ccco1. The van der Waals surface area contributed by atoms with Crippen LogP contribution >= 0.6 is 0 Å². The Morgan fingerprint density at radius 3 is 2.60 bits per heavy atom. The second-order valence-corrected chi connectivity index (χ2v) is 11.0. The Hall–Kier alpha value is -3.05. The normalized spacial score (nSPS) is 20.8. The van der Waals surface area contributed by atoms with Gasteiger partial charge < -0.3 is 15.1 Å². The van der Waals surface area contributed by atoms with Gasteiger partial charge in [0, 0.05) is 12.7 Å². The van der Waals surface area contributed by atoms with Crippen LogP contribution in [0.1, 0.15) is 55.5 Å². The van der Waals surface area contributed by atoms with Gasteiger partial charge in [-0.3, -0.25) is 14.4 Å². The third-order valence-corrected chi connectivity index (χ3v) is 8.35. The zero-order chi connectivity index (χ0) is 24.8. The van der Waals surface area contributed by atoms with E-state index in [9.17, 15) is 22.8 Å². The Balaban J connectivity index is 1.43. The molecule has 188 valence electrons. The summed E-state index contributed by atoms with van der Waals surface area (Å²) >= 11 is 0. The summed E-state index contributed by atoms with van der Waals surface area (Å²) < 4.78 is 32.1. The van der Waals surface area contributed by atoms with Crippen molar-refractivity contribution in [1.29, 1.82) is 0 Å². The second kappa shape index (κ2) is 11.1. The molecule has 0 radical (unpaired) electrons. The molecule has 1 saturated carbocycles. The van der Waals surface area contributed by atoms with Crippen molar-refractivity contribution >= 4 is 27.6 Å². The number of carbonyl (C=O) groups is 3. The molecule has 2 fully saturated rings. The number of nitrogens with one attached hydrogen (secondary N) is 2. The summed E-state index contributed by atoms with van der Waals surface area (Å²) in [6.07, 6.45) is 8.11. The highest BCUT2D eigenvalue weighted by atomic mass is 32.2. The predicted molar refractivity (Wildman–Crippen MR) is 126 cm³/mol. The number of carbonyl (C=O) groups excluding carboxylic acids is 3. The zero-order valence-electron chi connectivity index (χ0n) is 19.4. The minimum absolute atomic E-state index is 0.107. The van der Waals surface area contributed by atoms with Crippen molar-refractivity contribution < 1.29 is 27.2 Å². The first-order valence-electron chi connectivity index (χ1n) is 11.9. The van der Waals surface area contributed by atoms with E-state index in [0.717, 1.165) is 30.0 Å². The van der Waals surface area contributed by atoms with Crippen molar-refractivity contribution in [2.75, 3.05) is 13.1 Å². The third-order valence-electron chi connectivity index (χ3n) is 6.59. The summed E-state index contributed by atoms with van der Waals surface area (Å²) in [5.74, 6) is -0.918. The van der Waals surface area contributed by atoms with E-state index < -0.39 is 39.7 Å². The molecule has 2 amide bonds. The molecule has 4 rings (SSSR count). The molecule has 2 aromatic rings.